The number of nitrogens with two attached hydrogens (primary N) is 5. The number of amides is 17. The van der Waals surface area contributed by atoms with Crippen LogP contribution >= 0.6 is 11.8 Å². The smallest absolute Gasteiger partial charge is 0.416 e. The van der Waals surface area contributed by atoms with Crippen molar-refractivity contribution in [1.82, 2.24) is 79.3 Å². The zero-order valence-corrected chi connectivity index (χ0v) is 83.5. The van der Waals surface area contributed by atoms with Crippen molar-refractivity contribution in [1.29, 1.82) is 0 Å². The number of aryl methyl sites for hydroxylation is 1. The number of aliphatic hydroxyl groups excluding tert-OH is 1. The molecular weight excluding hydrogens is 1940 g/mol. The van der Waals surface area contributed by atoms with E-state index in [4.69, 9.17) is 33.4 Å². The van der Waals surface area contributed by atoms with Crippen LogP contribution in [-0.4, -0.2) is 285 Å². The highest BCUT2D eigenvalue weighted by molar-refractivity contribution is 8.00. The lowest BCUT2D eigenvalue weighted by atomic mass is 9.84. The number of hydrogen-bond acceptors (Lipinski definition) is 26. The number of carbonyl (C=O) groups excluding carboxylic acids is 17. The van der Waals surface area contributed by atoms with Crippen LogP contribution in [0.2, 0.25) is 0 Å². The minimum Gasteiger partial charge on any atom is -0.482 e. The normalized spacial score (nSPS) is 23.4. The van der Waals surface area contributed by atoms with Crippen molar-refractivity contribution in [2.24, 2.45) is 40.5 Å². The molecular formula is C99H135F3N20O24S. The minimum atomic E-state index is -5.03. The Morgan fingerprint density at radius 1 is 0.517 bits per heavy atom. The van der Waals surface area contributed by atoms with Gasteiger partial charge in [0.15, 0.2) is 6.61 Å². The summed E-state index contributed by atoms with van der Waals surface area (Å²) in [6.07, 6.45) is -7.35. The summed E-state index contributed by atoms with van der Waals surface area (Å²) in [6.45, 7) is 5.49. The summed E-state index contributed by atoms with van der Waals surface area (Å²) in [6, 6.07) is 3.55. The zero-order chi connectivity index (χ0) is 109. The molecule has 2 aliphatic rings. The molecule has 5 aromatic rings. The summed E-state index contributed by atoms with van der Waals surface area (Å²) < 4.78 is 49.2. The highest BCUT2D eigenvalue weighted by Crippen LogP contribution is 2.32. The van der Waals surface area contributed by atoms with E-state index in [0.29, 0.717) is 53.4 Å². The first-order chi connectivity index (χ1) is 69.4. The van der Waals surface area contributed by atoms with E-state index >= 15 is 28.8 Å². The number of benzene rings is 5. The molecule has 1 aliphatic heterocycles. The Hall–Kier alpha value is -14.2. The van der Waals surface area contributed by atoms with Gasteiger partial charge < -0.3 is 133 Å². The first-order valence-electron chi connectivity index (χ1n) is 48.1. The summed E-state index contributed by atoms with van der Waals surface area (Å²) in [7, 11) is 1.15. The predicted molar refractivity (Wildman–Crippen MR) is 530 cm³/mol. The van der Waals surface area contributed by atoms with E-state index < -0.39 is 302 Å². The van der Waals surface area contributed by atoms with Crippen molar-refractivity contribution in [3.63, 3.8) is 0 Å². The fraction of sp³-hybridized carbons (Fsp3) is 0.505. The van der Waals surface area contributed by atoms with Gasteiger partial charge in [0.25, 0.3) is 0 Å². The number of carboxylic acids is 2. The number of carboxylic acid groups (broad SMARTS) is 2. The predicted octanol–water partition coefficient (Wildman–Crippen LogP) is -2.07. The molecule has 0 spiro atoms. The number of aliphatic carboxylic acids is 2. The van der Waals surface area contributed by atoms with Gasteiger partial charge in [0, 0.05) is 44.5 Å². The number of thioether (sulfide) groups is 1. The number of likely N-dealkylation sites (N-methyl/N-ethyl adjacent to an activating group) is 1. The fourth-order valence-electron chi connectivity index (χ4n) is 16.2. The van der Waals surface area contributed by atoms with E-state index in [1.54, 1.807) is 86.6 Å². The third-order valence-corrected chi connectivity index (χ3v) is 25.5. The van der Waals surface area contributed by atoms with Crippen LogP contribution in [-0.2, 0) is 123 Å². The molecule has 16 atom stereocenters. The van der Waals surface area contributed by atoms with Gasteiger partial charge >= 0.3 is 18.1 Å². The van der Waals surface area contributed by atoms with Crippen molar-refractivity contribution in [3.8, 4) is 16.9 Å². The molecule has 802 valence electrons. The van der Waals surface area contributed by atoms with Crippen molar-refractivity contribution < 1.29 is 129 Å². The summed E-state index contributed by atoms with van der Waals surface area (Å²) in [5, 5.41) is 76.9. The minimum absolute atomic E-state index is 0.0190. The number of hydrogen-bond donors (Lipinski definition) is 23. The number of nitrogens with one attached hydrogen (secondary N) is 14. The molecule has 147 heavy (non-hydrogen) atoms. The Kier molecular flexibility index (Phi) is 47.4. The van der Waals surface area contributed by atoms with E-state index in [1.807, 2.05) is 12.1 Å². The van der Waals surface area contributed by atoms with E-state index in [9.17, 15) is 95.9 Å². The average Bonchev–Trinajstić information content (AvgIpc) is 0.826. The van der Waals surface area contributed by atoms with Crippen molar-refractivity contribution >= 4 is 124 Å². The van der Waals surface area contributed by atoms with Crippen LogP contribution in [0.15, 0.2) is 133 Å². The summed E-state index contributed by atoms with van der Waals surface area (Å²) in [5.41, 5.74) is 28.1. The molecule has 0 bridgehead atoms. The molecule has 1 heterocycles. The van der Waals surface area contributed by atoms with Crippen LogP contribution in [0.4, 0.5) is 13.2 Å². The van der Waals surface area contributed by atoms with Gasteiger partial charge in [-0.15, -0.1) is 11.8 Å². The number of primary amides is 2. The molecule has 2 fully saturated rings. The largest absolute Gasteiger partial charge is 0.482 e. The maximum Gasteiger partial charge on any atom is 0.416 e. The molecule has 5 aromatic carbocycles. The van der Waals surface area contributed by atoms with Crippen LogP contribution < -0.4 is 108 Å². The Labute approximate surface area is 851 Å². The Morgan fingerprint density at radius 2 is 1.00 bits per heavy atom. The standard InChI is InChI=1S/C99H135F3N20O24S/c1-53(2)42-69-87(134)110-67(39-41-104)86(133)114-72(44-57-20-13-9-14-21-57)92(139)121-82(98(5,6)145)96(143)118-75(49-123)93(140)119-76(94(141)108-65(38-40-103)83(107)130)51-147-52-78(125)120-81(54(3)105)95(142)117-71(46-59-28-33-64(34-29-59)146-50-80(128)129)90(137)116-74(48-79(126)127)91(138)115-73(47-60-22-17-25-63(43-60)99(100,101)102)88(135)109-66(35-30-56-18-11-8-12-19-56)85(132)113-70(45-58-26-31-62(32-27-58)61-23-15-10-16-24-61)89(136)111-68(36-37-77(106)124)97(144)122(7)55(4)84(131)112-69/h8,10-12,15-19,22-29,31-34,43,53-55,57,65-76,81-82,123,145H,9,13-14,20-21,30,35-42,44-52,103-105H2,1-7H3,(H2,106,124)(H2,107,130)(H,108,141)(H,109,135)(H,110,134)(H,111,136)(H,112,131)(H,113,132)(H,114,133)(H,115,138)(H,116,137)(H,117,142)(H,118,143)(H,119,140)(H,120,125)(H,121,139)(H,126,127)(H,128,129)/t54-,55+,65+,66+,67+,68+,69-,70+,71+,72+,73+,74+,75+,76+,81+,82-/m1/s1. The maximum atomic E-state index is 15.6. The molecule has 0 aromatic heterocycles. The summed E-state index contributed by atoms with van der Waals surface area (Å²) in [5.74, 6) is -25.2. The average molecular weight is 2080 g/mol. The van der Waals surface area contributed by atoms with E-state index in [0.717, 1.165) is 62.8 Å². The van der Waals surface area contributed by atoms with Crippen molar-refractivity contribution in [3.05, 3.63) is 161 Å². The fourth-order valence-corrected chi connectivity index (χ4v) is 17.1. The lowest BCUT2D eigenvalue weighted by Crippen LogP contribution is -2.65. The van der Waals surface area contributed by atoms with Crippen molar-refractivity contribution in [2.75, 3.05) is 44.9 Å². The van der Waals surface area contributed by atoms with E-state index in [1.165, 1.54) is 38.1 Å². The number of alkyl halides is 3. The molecule has 1 saturated carbocycles. The highest BCUT2D eigenvalue weighted by Gasteiger charge is 2.44. The zero-order valence-electron chi connectivity index (χ0n) is 82.7. The molecule has 48 heteroatoms. The van der Waals surface area contributed by atoms with Gasteiger partial charge in [-0.05, 0) is 149 Å². The Morgan fingerprint density at radius 3 is 1.53 bits per heavy atom. The lowest BCUT2D eigenvalue weighted by molar-refractivity contribution is -0.143. The van der Waals surface area contributed by atoms with Crippen LogP contribution in [0.3, 0.4) is 0 Å². The second-order valence-corrected chi connectivity index (χ2v) is 38.3. The van der Waals surface area contributed by atoms with Gasteiger partial charge in [-0.3, -0.25) is 86.3 Å². The number of rotatable bonds is 32. The van der Waals surface area contributed by atoms with E-state index in [-0.39, 0.29) is 68.0 Å². The number of nitrogens with zero attached hydrogens (tertiary/aromatic N) is 1. The van der Waals surface area contributed by atoms with Gasteiger partial charge in [-0.25, -0.2) is 4.79 Å². The van der Waals surface area contributed by atoms with E-state index in [2.05, 4.69) is 74.4 Å². The molecule has 28 N–H and O–H groups in total. The number of aliphatic hydroxyl groups is 2. The van der Waals surface area contributed by atoms with Gasteiger partial charge in [0.05, 0.1) is 29.9 Å². The van der Waals surface area contributed by atoms with Crippen LogP contribution in [0.5, 0.6) is 5.75 Å². The molecule has 17 amide bonds. The second kappa shape index (κ2) is 58.2. The van der Waals surface area contributed by atoms with Gasteiger partial charge in [0.2, 0.25) is 100 Å². The quantitative estimate of drug-likeness (QED) is 0.0220. The van der Waals surface area contributed by atoms with Gasteiger partial charge in [0.1, 0.15) is 96.4 Å². The SMILES string of the molecule is CC(C)C[C@H]1NC(=O)[C@H](C)N(C)C(=O)[C@H](CCC(N)=O)NC(=O)[C@H](Cc2ccc(-c3ccccc3)cc2)NC(=O)[C@H](CCc2ccccc2)NC(=O)[C@H](Cc2cccc(C(F)(F)F)c2)NC(=O)[C@H](CC(=O)O)NC(=O)[C@H](Cc2ccc(OCC(=O)O)cc2)NC(=O)[C@H]([C@@H](C)N)NC(=O)CSC[C@@H](C(=O)N[C@@H](CCN)C(N)=O)NC(=O)[C@H](CO)NC(=O)[C@H](C(C)(C)O)NC(=O)[C@H](CC2CCCCC2)NC(=O)[C@H](CCN)NC1=O. The number of carbonyl (C=O) groups is 19. The third kappa shape index (κ3) is 39.6. The molecule has 7 rings (SSSR count). The molecule has 0 unspecified atom stereocenters. The monoisotopic (exact) mass is 2080 g/mol. The topological polar surface area (TPSA) is 716 Å². The second-order valence-electron chi connectivity index (χ2n) is 37.3. The third-order valence-electron chi connectivity index (χ3n) is 24.4. The summed E-state index contributed by atoms with van der Waals surface area (Å²) in [4.78, 5) is 275. The van der Waals surface area contributed by atoms with Crippen LogP contribution in [0, 0.1) is 11.8 Å². The Balaban J connectivity index is 1.38. The van der Waals surface area contributed by atoms with Crippen LogP contribution in [0.1, 0.15) is 153 Å². The van der Waals surface area contributed by atoms with Gasteiger partial charge in [-0.1, -0.05) is 161 Å². The first-order valence-corrected chi connectivity index (χ1v) is 49.3. The molecule has 1 saturated heterocycles. The first kappa shape index (κ1) is 120. The summed E-state index contributed by atoms with van der Waals surface area (Å²) >= 11 is 0.578. The number of ether oxygens (including phenoxy) is 1. The molecule has 1 aliphatic carbocycles. The molecule has 0 radical (unpaired) electrons. The maximum absolute atomic E-state index is 15.6. The molecule has 44 nitrogen and oxygen atoms in total. The highest BCUT2D eigenvalue weighted by atomic mass is 32.2. The van der Waals surface area contributed by atoms with Crippen LogP contribution in [0.25, 0.3) is 11.1 Å². The lowest BCUT2D eigenvalue weighted by Gasteiger charge is -2.33. The van der Waals surface area contributed by atoms with Gasteiger partial charge in [-0.2, -0.15) is 13.2 Å². The van der Waals surface area contributed by atoms with Crippen molar-refractivity contribution in [2.45, 2.75) is 259 Å². The number of halogens is 3. The Bertz CT molecular complexity index is 5370.